The zero-order valence-corrected chi connectivity index (χ0v) is 7.89. The fraction of sp³-hybridized carbons (Fsp3) is 1.00. The summed E-state index contributed by atoms with van der Waals surface area (Å²) in [7, 11) is 3.42. The van der Waals surface area contributed by atoms with Crippen LogP contribution in [-0.2, 0) is 9.47 Å². The molecule has 0 aliphatic rings. The van der Waals surface area contributed by atoms with E-state index < -0.39 is 5.09 Å². The van der Waals surface area contributed by atoms with Gasteiger partial charge in [-0.3, -0.25) is 0 Å². The van der Waals surface area contributed by atoms with Crippen molar-refractivity contribution >= 4 is 0 Å². The maximum atomic E-state index is 8.25. The first kappa shape index (κ1) is 14.6. The van der Waals surface area contributed by atoms with Gasteiger partial charge >= 0.3 is 0 Å². The lowest BCUT2D eigenvalue weighted by atomic mass is 10.6. The molecule has 80 valence electrons. The van der Waals surface area contributed by atoms with Gasteiger partial charge in [-0.05, 0) is 0 Å². The van der Waals surface area contributed by atoms with E-state index in [-0.39, 0.29) is 0 Å². The highest BCUT2D eigenvalue weighted by atomic mass is 16.9. The van der Waals surface area contributed by atoms with E-state index in [1.807, 2.05) is 0 Å². The largest absolute Gasteiger partial charge is 0.379 e. The van der Waals surface area contributed by atoms with E-state index in [4.69, 9.17) is 24.8 Å². The minimum Gasteiger partial charge on any atom is -0.379 e. The van der Waals surface area contributed by atoms with Gasteiger partial charge in [-0.2, -0.15) is 0 Å². The Balaban J connectivity index is 0. The molecule has 0 amide bonds. The topological polar surface area (TPSA) is 101 Å². The predicted molar refractivity (Wildman–Crippen MR) is 45.8 cm³/mol. The van der Waals surface area contributed by atoms with Gasteiger partial charge in [0.2, 0.25) is 0 Å². The second-order valence-corrected chi connectivity index (χ2v) is 2.08. The molecule has 0 radical (unpaired) electrons. The zero-order chi connectivity index (χ0) is 10.5. The molecule has 2 N–H and O–H groups in total. The first-order valence-corrected chi connectivity index (χ1v) is 3.76. The average molecular weight is 196 g/mol. The number of nitrogens with zero attached hydrogens (tertiary/aromatic N) is 1. The van der Waals surface area contributed by atoms with Crippen molar-refractivity contribution in [2.75, 3.05) is 40.5 Å². The van der Waals surface area contributed by atoms with Crippen molar-refractivity contribution < 1.29 is 19.9 Å². The number of rotatable bonds is 6. The minimum atomic E-state index is -1.75. The fourth-order valence-corrected chi connectivity index (χ4v) is 0.547. The Kier molecular flexibility index (Phi) is 15.3. The normalized spacial score (nSPS) is 8.77. The molecule has 0 spiro atoms. The number of quaternary nitrogens is 1. The van der Waals surface area contributed by atoms with Gasteiger partial charge in [-0.25, -0.2) is 0 Å². The third-order valence-corrected chi connectivity index (χ3v) is 1.05. The standard InChI is InChI=1S/C6H15NO2.NO3/c1-8-5-3-7-4-6-9-2;2-1(3)4/h7H,3-6H2,1-2H3;/q;-1/p+1. The predicted octanol–water partition coefficient (Wildman–Crippen LogP) is -1.40. The van der Waals surface area contributed by atoms with Crippen molar-refractivity contribution in [1.29, 1.82) is 0 Å². The molecule has 0 heterocycles. The molecule has 0 aromatic rings. The van der Waals surface area contributed by atoms with Crippen LogP contribution in [0.15, 0.2) is 0 Å². The lowest BCUT2D eigenvalue weighted by molar-refractivity contribution is -0.657. The molecule has 0 saturated heterocycles. The molecule has 0 aromatic carbocycles. The van der Waals surface area contributed by atoms with Crippen molar-refractivity contribution in [2.45, 2.75) is 0 Å². The summed E-state index contributed by atoms with van der Waals surface area (Å²) >= 11 is 0. The van der Waals surface area contributed by atoms with Gasteiger partial charge in [-0.15, -0.1) is 0 Å². The lowest BCUT2D eigenvalue weighted by Crippen LogP contribution is -2.86. The highest BCUT2D eigenvalue weighted by Gasteiger charge is 1.86. The Morgan fingerprint density at radius 3 is 1.69 bits per heavy atom. The fourth-order valence-electron chi connectivity index (χ4n) is 0.547. The van der Waals surface area contributed by atoms with Crippen LogP contribution in [0.5, 0.6) is 0 Å². The van der Waals surface area contributed by atoms with E-state index in [0.29, 0.717) is 0 Å². The summed E-state index contributed by atoms with van der Waals surface area (Å²) in [5, 5.41) is 16.9. The Bertz CT molecular complexity index is 101. The first-order chi connectivity index (χ1) is 6.15. The number of hydrogen-bond acceptors (Lipinski definition) is 5. The van der Waals surface area contributed by atoms with Gasteiger partial charge in [0.15, 0.2) is 0 Å². The van der Waals surface area contributed by atoms with E-state index in [1.54, 1.807) is 14.2 Å². The van der Waals surface area contributed by atoms with Crippen LogP contribution in [0.25, 0.3) is 0 Å². The molecule has 0 rings (SSSR count). The van der Waals surface area contributed by atoms with Gasteiger partial charge in [0.05, 0.1) is 31.4 Å². The molecule has 0 saturated carbocycles. The molecule has 0 fully saturated rings. The Morgan fingerprint density at radius 1 is 1.15 bits per heavy atom. The van der Waals surface area contributed by atoms with Gasteiger partial charge in [0, 0.05) is 14.2 Å². The molecule has 13 heavy (non-hydrogen) atoms. The maximum Gasteiger partial charge on any atom is 0.0993 e. The van der Waals surface area contributed by atoms with Crippen LogP contribution in [0.3, 0.4) is 0 Å². The van der Waals surface area contributed by atoms with E-state index in [9.17, 15) is 0 Å². The number of nitrogens with two attached hydrogens (primary N) is 1. The maximum absolute atomic E-state index is 8.25. The van der Waals surface area contributed by atoms with Crippen LogP contribution in [0.1, 0.15) is 0 Å². The molecule has 0 unspecified atom stereocenters. The van der Waals surface area contributed by atoms with Crippen LogP contribution in [0.4, 0.5) is 0 Å². The molecule has 0 aliphatic heterocycles. The summed E-state index contributed by atoms with van der Waals surface area (Å²) < 4.78 is 9.70. The quantitative estimate of drug-likeness (QED) is 0.320. The van der Waals surface area contributed by atoms with Crippen molar-refractivity contribution in [2.24, 2.45) is 0 Å². The summed E-state index contributed by atoms with van der Waals surface area (Å²) in [6.45, 7) is 3.70. The minimum absolute atomic E-state index is 0.823. The summed E-state index contributed by atoms with van der Waals surface area (Å²) in [6.07, 6.45) is 0. The summed E-state index contributed by atoms with van der Waals surface area (Å²) in [4.78, 5) is 8.25. The Labute approximate surface area is 76.7 Å². The van der Waals surface area contributed by atoms with Crippen molar-refractivity contribution in [1.82, 2.24) is 0 Å². The zero-order valence-electron chi connectivity index (χ0n) is 7.89. The molecule has 0 atom stereocenters. The lowest BCUT2D eigenvalue weighted by Gasteiger charge is -1.98. The van der Waals surface area contributed by atoms with E-state index in [2.05, 4.69) is 5.32 Å². The van der Waals surface area contributed by atoms with E-state index >= 15 is 0 Å². The van der Waals surface area contributed by atoms with Crippen molar-refractivity contribution in [3.05, 3.63) is 15.3 Å². The van der Waals surface area contributed by atoms with E-state index in [0.717, 1.165) is 26.3 Å². The Hall–Kier alpha value is -0.920. The van der Waals surface area contributed by atoms with Crippen LogP contribution < -0.4 is 5.32 Å². The SMILES string of the molecule is COCC[NH2+]CCOC.O=[N+]([O-])[O-]. The monoisotopic (exact) mass is 196 g/mol. The van der Waals surface area contributed by atoms with Gasteiger partial charge < -0.3 is 30.1 Å². The summed E-state index contributed by atoms with van der Waals surface area (Å²) in [5.74, 6) is 0. The highest BCUT2D eigenvalue weighted by Crippen LogP contribution is 1.57. The molecular formula is C6H16N2O5. The molecule has 0 aromatic heterocycles. The van der Waals surface area contributed by atoms with Gasteiger partial charge in [0.1, 0.15) is 0 Å². The number of methoxy groups -OCH3 is 2. The molecular weight excluding hydrogens is 180 g/mol. The summed E-state index contributed by atoms with van der Waals surface area (Å²) in [6, 6.07) is 0. The number of ether oxygens (including phenoxy) is 2. The molecule has 0 bridgehead atoms. The third-order valence-electron chi connectivity index (χ3n) is 1.05. The summed E-state index contributed by atoms with van der Waals surface area (Å²) in [5.41, 5.74) is 0. The third kappa shape index (κ3) is 35.4. The second kappa shape index (κ2) is 13.7. The smallest absolute Gasteiger partial charge is 0.0993 e. The Morgan fingerprint density at radius 2 is 1.46 bits per heavy atom. The molecule has 0 aliphatic carbocycles. The van der Waals surface area contributed by atoms with Crippen LogP contribution in [-0.4, -0.2) is 45.6 Å². The van der Waals surface area contributed by atoms with Crippen molar-refractivity contribution in [3.8, 4) is 0 Å². The number of hydrogen-bond donors (Lipinski definition) is 1. The van der Waals surface area contributed by atoms with Crippen LogP contribution in [0.2, 0.25) is 0 Å². The van der Waals surface area contributed by atoms with E-state index in [1.165, 1.54) is 0 Å². The molecule has 7 heteroatoms. The highest BCUT2D eigenvalue weighted by molar-refractivity contribution is 4.20. The van der Waals surface area contributed by atoms with Crippen LogP contribution in [0, 0.1) is 15.3 Å². The second-order valence-electron chi connectivity index (χ2n) is 2.08. The van der Waals surface area contributed by atoms with Gasteiger partial charge in [0.25, 0.3) is 0 Å². The molecule has 7 nitrogen and oxygen atoms in total. The van der Waals surface area contributed by atoms with Gasteiger partial charge in [-0.1, -0.05) is 0 Å². The average Bonchev–Trinajstić information content (AvgIpc) is 2.03. The van der Waals surface area contributed by atoms with Crippen molar-refractivity contribution in [3.63, 3.8) is 0 Å². The van der Waals surface area contributed by atoms with Crippen LogP contribution >= 0.6 is 0 Å². The first-order valence-electron chi connectivity index (χ1n) is 3.76.